The maximum absolute atomic E-state index is 3.50. The fourth-order valence-corrected chi connectivity index (χ4v) is 2.57. The van der Waals surface area contributed by atoms with Crippen LogP contribution in [-0.2, 0) is 0 Å². The van der Waals surface area contributed by atoms with E-state index in [-0.39, 0.29) is 0 Å². The van der Waals surface area contributed by atoms with E-state index >= 15 is 0 Å². The summed E-state index contributed by atoms with van der Waals surface area (Å²) >= 11 is 0. The molecule has 90 valence electrons. The monoisotopic (exact) mass is 212 g/mol. The third kappa shape index (κ3) is 4.98. The average Bonchev–Trinajstić information content (AvgIpc) is 2.30. The van der Waals surface area contributed by atoms with Gasteiger partial charge < -0.3 is 5.32 Å². The summed E-state index contributed by atoms with van der Waals surface area (Å²) < 4.78 is 0. The van der Waals surface area contributed by atoms with Gasteiger partial charge in [-0.1, -0.05) is 33.1 Å². The third-order valence-corrected chi connectivity index (χ3v) is 3.50. The van der Waals surface area contributed by atoms with Crippen LogP contribution in [0, 0.1) is 0 Å². The van der Waals surface area contributed by atoms with Crippen molar-refractivity contribution in [2.75, 3.05) is 26.2 Å². The number of hydrogen-bond acceptors (Lipinski definition) is 2. The Morgan fingerprint density at radius 3 is 2.40 bits per heavy atom. The Balaban J connectivity index is 2.15. The Bertz CT molecular complexity index is 141. The molecule has 0 atom stereocenters. The van der Waals surface area contributed by atoms with Crippen LogP contribution in [0.3, 0.4) is 0 Å². The predicted molar refractivity (Wildman–Crippen MR) is 67.3 cm³/mol. The van der Waals surface area contributed by atoms with Gasteiger partial charge in [-0.15, -0.1) is 0 Å². The van der Waals surface area contributed by atoms with Gasteiger partial charge in [0.25, 0.3) is 0 Å². The minimum atomic E-state index is 0.882. The maximum Gasteiger partial charge on any atom is 0.0110 e. The molecule has 2 heteroatoms. The first kappa shape index (κ1) is 13.0. The molecule has 1 N–H and O–H groups in total. The summed E-state index contributed by atoms with van der Waals surface area (Å²) in [6.45, 7) is 9.32. The normalized spacial score (nSPS) is 18.6. The highest BCUT2D eigenvalue weighted by atomic mass is 15.2. The van der Waals surface area contributed by atoms with Crippen molar-refractivity contribution in [3.8, 4) is 0 Å². The van der Waals surface area contributed by atoms with Gasteiger partial charge >= 0.3 is 0 Å². The van der Waals surface area contributed by atoms with E-state index in [1.165, 1.54) is 58.2 Å². The van der Waals surface area contributed by atoms with Crippen LogP contribution in [0.1, 0.15) is 52.4 Å². The molecule has 0 aromatic rings. The van der Waals surface area contributed by atoms with E-state index in [2.05, 4.69) is 24.1 Å². The van der Waals surface area contributed by atoms with Gasteiger partial charge in [-0.3, -0.25) is 4.90 Å². The van der Waals surface area contributed by atoms with Crippen molar-refractivity contribution in [2.24, 2.45) is 0 Å². The predicted octanol–water partition coefficient (Wildman–Crippen LogP) is 2.64. The molecule has 0 heterocycles. The van der Waals surface area contributed by atoms with Crippen molar-refractivity contribution >= 4 is 0 Å². The van der Waals surface area contributed by atoms with Crippen molar-refractivity contribution in [3.05, 3.63) is 0 Å². The molecule has 0 unspecified atom stereocenters. The topological polar surface area (TPSA) is 15.3 Å². The fraction of sp³-hybridized carbons (Fsp3) is 1.00. The highest BCUT2D eigenvalue weighted by molar-refractivity contribution is 4.75. The van der Waals surface area contributed by atoms with Crippen LogP contribution in [-0.4, -0.2) is 37.1 Å². The first-order valence-corrected chi connectivity index (χ1v) is 6.83. The first-order chi connectivity index (χ1) is 7.38. The molecule has 1 aliphatic rings. The minimum Gasteiger partial charge on any atom is -0.315 e. The molecule has 1 rings (SSSR count). The van der Waals surface area contributed by atoms with E-state index in [9.17, 15) is 0 Å². The molecule has 0 amide bonds. The van der Waals surface area contributed by atoms with E-state index in [1.807, 2.05) is 0 Å². The van der Waals surface area contributed by atoms with Gasteiger partial charge in [0.2, 0.25) is 0 Å². The Morgan fingerprint density at radius 2 is 1.80 bits per heavy atom. The Labute approximate surface area is 95.4 Å². The zero-order chi connectivity index (χ0) is 10.9. The van der Waals surface area contributed by atoms with Gasteiger partial charge in [-0.05, 0) is 32.4 Å². The van der Waals surface area contributed by atoms with Crippen LogP contribution in [0.4, 0.5) is 0 Å². The maximum atomic E-state index is 3.50. The van der Waals surface area contributed by atoms with Gasteiger partial charge in [0.1, 0.15) is 0 Å². The number of rotatable bonds is 7. The summed E-state index contributed by atoms with van der Waals surface area (Å²) in [6, 6.07) is 0.882. The molecule has 1 fully saturated rings. The molecule has 2 nitrogen and oxygen atoms in total. The van der Waals surface area contributed by atoms with Crippen LogP contribution in [0.2, 0.25) is 0 Å². The molecule has 15 heavy (non-hydrogen) atoms. The van der Waals surface area contributed by atoms with Crippen molar-refractivity contribution in [1.82, 2.24) is 10.2 Å². The molecule has 0 aromatic carbocycles. The van der Waals surface area contributed by atoms with E-state index in [0.717, 1.165) is 12.6 Å². The highest BCUT2D eigenvalue weighted by Crippen LogP contribution is 2.21. The Morgan fingerprint density at radius 1 is 1.07 bits per heavy atom. The molecule has 0 aliphatic heterocycles. The second-order valence-corrected chi connectivity index (χ2v) is 4.67. The van der Waals surface area contributed by atoms with E-state index in [1.54, 1.807) is 0 Å². The minimum absolute atomic E-state index is 0.882. The van der Waals surface area contributed by atoms with Crippen LogP contribution in [0.5, 0.6) is 0 Å². The van der Waals surface area contributed by atoms with Gasteiger partial charge in [0.15, 0.2) is 0 Å². The highest BCUT2D eigenvalue weighted by Gasteiger charge is 2.18. The van der Waals surface area contributed by atoms with E-state index < -0.39 is 0 Å². The zero-order valence-electron chi connectivity index (χ0n) is 10.6. The lowest BCUT2D eigenvalue weighted by Crippen LogP contribution is -2.40. The van der Waals surface area contributed by atoms with Crippen molar-refractivity contribution in [1.29, 1.82) is 0 Å². The van der Waals surface area contributed by atoms with Crippen molar-refractivity contribution in [2.45, 2.75) is 58.4 Å². The molecule has 0 radical (unpaired) electrons. The van der Waals surface area contributed by atoms with Crippen LogP contribution in [0.15, 0.2) is 0 Å². The van der Waals surface area contributed by atoms with Gasteiger partial charge in [0.05, 0.1) is 0 Å². The largest absolute Gasteiger partial charge is 0.315 e. The van der Waals surface area contributed by atoms with Gasteiger partial charge in [0, 0.05) is 19.1 Å². The van der Waals surface area contributed by atoms with E-state index in [4.69, 9.17) is 0 Å². The van der Waals surface area contributed by atoms with Gasteiger partial charge in [-0.2, -0.15) is 0 Å². The lowest BCUT2D eigenvalue weighted by atomic mass is 9.94. The standard InChI is InChI=1S/C13H28N2/c1-3-10-14-11-12-15(4-2)13-8-6-5-7-9-13/h13-14H,3-12H2,1-2H3. The summed E-state index contributed by atoms with van der Waals surface area (Å²) in [5.41, 5.74) is 0. The van der Waals surface area contributed by atoms with Crippen molar-refractivity contribution < 1.29 is 0 Å². The summed E-state index contributed by atoms with van der Waals surface area (Å²) in [7, 11) is 0. The molecule has 1 saturated carbocycles. The lowest BCUT2D eigenvalue weighted by molar-refractivity contribution is 0.164. The Kier molecular flexibility index (Phi) is 7.03. The quantitative estimate of drug-likeness (QED) is 0.653. The Hall–Kier alpha value is -0.0800. The van der Waals surface area contributed by atoms with Crippen LogP contribution < -0.4 is 5.32 Å². The van der Waals surface area contributed by atoms with Crippen LogP contribution in [0.25, 0.3) is 0 Å². The zero-order valence-corrected chi connectivity index (χ0v) is 10.6. The summed E-state index contributed by atoms with van der Waals surface area (Å²) in [5.74, 6) is 0. The molecule has 0 aromatic heterocycles. The molecular formula is C13H28N2. The number of nitrogens with one attached hydrogen (secondary N) is 1. The molecule has 0 spiro atoms. The van der Waals surface area contributed by atoms with Crippen LogP contribution >= 0.6 is 0 Å². The molecule has 0 bridgehead atoms. The number of hydrogen-bond donors (Lipinski definition) is 1. The first-order valence-electron chi connectivity index (χ1n) is 6.83. The SMILES string of the molecule is CCCNCCN(CC)C1CCCCC1. The second-order valence-electron chi connectivity index (χ2n) is 4.67. The molecule has 1 aliphatic carbocycles. The molecule has 0 saturated heterocycles. The summed E-state index contributed by atoms with van der Waals surface area (Å²) in [5, 5.41) is 3.50. The third-order valence-electron chi connectivity index (χ3n) is 3.50. The fourth-order valence-electron chi connectivity index (χ4n) is 2.57. The number of likely N-dealkylation sites (N-methyl/N-ethyl adjacent to an activating group) is 1. The summed E-state index contributed by atoms with van der Waals surface area (Å²) in [6.07, 6.45) is 8.47. The summed E-state index contributed by atoms with van der Waals surface area (Å²) in [4.78, 5) is 2.67. The second kappa shape index (κ2) is 8.12. The average molecular weight is 212 g/mol. The smallest absolute Gasteiger partial charge is 0.0110 e. The van der Waals surface area contributed by atoms with E-state index in [0.29, 0.717) is 0 Å². The van der Waals surface area contributed by atoms with Gasteiger partial charge in [-0.25, -0.2) is 0 Å². The number of nitrogens with zero attached hydrogens (tertiary/aromatic N) is 1. The molecular weight excluding hydrogens is 184 g/mol. The van der Waals surface area contributed by atoms with Crippen molar-refractivity contribution in [3.63, 3.8) is 0 Å². The lowest BCUT2D eigenvalue weighted by Gasteiger charge is -2.33.